The number of hydrogen-bond acceptors (Lipinski definition) is 3. The molecule has 4 nitrogen and oxygen atoms in total. The molecule has 1 amide bonds. The monoisotopic (exact) mass is 261 g/mol. The van der Waals surface area contributed by atoms with E-state index in [1.165, 1.54) is 0 Å². The highest BCUT2D eigenvalue weighted by Crippen LogP contribution is 1.99. The van der Waals surface area contributed by atoms with Gasteiger partial charge in [-0.3, -0.25) is 10.2 Å². The van der Waals surface area contributed by atoms with Gasteiger partial charge in [-0.2, -0.15) is 0 Å². The molecule has 0 aliphatic carbocycles. The molecule has 1 rings (SSSR count). The summed E-state index contributed by atoms with van der Waals surface area (Å²) in [5.41, 5.74) is 5.95. The summed E-state index contributed by atoms with van der Waals surface area (Å²) in [6.45, 7) is 9.76. The van der Waals surface area contributed by atoms with Gasteiger partial charge < -0.3 is 11.1 Å². The molecule has 19 heavy (non-hydrogen) atoms. The molecule has 0 atom stereocenters. The van der Waals surface area contributed by atoms with Gasteiger partial charge in [0.15, 0.2) is 0 Å². The number of hydrogen-bond donors (Lipinski definition) is 3. The van der Waals surface area contributed by atoms with Crippen molar-refractivity contribution < 1.29 is 4.79 Å². The first kappa shape index (κ1) is 17.1. The second-order valence-electron chi connectivity index (χ2n) is 5.11. The molecule has 0 bridgehead atoms. The summed E-state index contributed by atoms with van der Waals surface area (Å²) in [4.78, 5) is 11.3. The van der Waals surface area contributed by atoms with Crippen LogP contribution < -0.4 is 11.1 Å². The zero-order valence-electron chi connectivity index (χ0n) is 11.9. The molecule has 0 aromatic heterocycles. The maximum absolute atomic E-state index is 11.3. The molecule has 0 saturated heterocycles. The zero-order chi connectivity index (χ0) is 14.9. The summed E-state index contributed by atoms with van der Waals surface area (Å²) < 4.78 is 0. The van der Waals surface area contributed by atoms with Gasteiger partial charge in [0, 0.05) is 17.6 Å². The van der Waals surface area contributed by atoms with Crippen LogP contribution in [0.4, 0.5) is 0 Å². The number of amides is 1. The smallest absolute Gasteiger partial charge is 0.270 e. The van der Waals surface area contributed by atoms with Crippen LogP contribution in [0, 0.1) is 5.41 Å². The maximum Gasteiger partial charge on any atom is 0.270 e. The van der Waals surface area contributed by atoms with Crippen LogP contribution in [0.5, 0.6) is 0 Å². The molecule has 0 unspecified atom stereocenters. The van der Waals surface area contributed by atoms with Crippen LogP contribution in [0.2, 0.25) is 0 Å². The average Bonchev–Trinajstić information content (AvgIpc) is 2.34. The lowest BCUT2D eigenvalue weighted by atomic mass is 10.1. The molecular weight excluding hydrogens is 238 g/mol. The Morgan fingerprint density at radius 1 is 1.37 bits per heavy atom. The second-order valence-corrected chi connectivity index (χ2v) is 5.11. The lowest BCUT2D eigenvalue weighted by Crippen LogP contribution is -2.30. The summed E-state index contributed by atoms with van der Waals surface area (Å²) in [5.74, 6) is -0.379. The fourth-order valence-corrected chi connectivity index (χ4v) is 0.989. The molecule has 0 saturated carbocycles. The third-order valence-electron chi connectivity index (χ3n) is 1.70. The summed E-state index contributed by atoms with van der Waals surface area (Å²) in [7, 11) is 0. The molecule has 4 heteroatoms. The van der Waals surface area contributed by atoms with Crippen molar-refractivity contribution in [1.29, 1.82) is 5.41 Å². The van der Waals surface area contributed by atoms with Crippen molar-refractivity contribution in [2.45, 2.75) is 26.3 Å². The lowest BCUT2D eigenvalue weighted by Gasteiger charge is -2.06. The van der Waals surface area contributed by atoms with Gasteiger partial charge in [0.2, 0.25) is 0 Å². The Hall–Kier alpha value is -1.94. The Balaban J connectivity index is 0.000000555. The van der Waals surface area contributed by atoms with Crippen LogP contribution in [0.25, 0.3) is 0 Å². The Morgan fingerprint density at radius 2 is 1.84 bits per heavy atom. The van der Waals surface area contributed by atoms with E-state index in [2.05, 4.69) is 11.9 Å². The summed E-state index contributed by atoms with van der Waals surface area (Å²) in [6, 6.07) is 8.90. The average molecular weight is 261 g/mol. The van der Waals surface area contributed by atoms with Crippen LogP contribution in [0.3, 0.4) is 0 Å². The SMILES string of the molecule is C=CCNC(=O)C(=N)c1ccccc1.CC(C)(C)N. The van der Waals surface area contributed by atoms with Crippen molar-refractivity contribution in [3.8, 4) is 0 Å². The predicted octanol–water partition coefficient (Wildman–Crippen LogP) is 2.10. The first-order valence-electron chi connectivity index (χ1n) is 6.07. The molecule has 0 heterocycles. The molecule has 0 spiro atoms. The molecule has 0 fully saturated rings. The summed E-state index contributed by atoms with van der Waals surface area (Å²) in [5, 5.41) is 10.1. The predicted molar refractivity (Wildman–Crippen MR) is 80.4 cm³/mol. The first-order valence-corrected chi connectivity index (χ1v) is 6.07. The third kappa shape index (κ3) is 9.73. The molecule has 104 valence electrons. The van der Waals surface area contributed by atoms with Crippen molar-refractivity contribution in [2.24, 2.45) is 5.73 Å². The number of nitrogens with one attached hydrogen (secondary N) is 2. The fourth-order valence-electron chi connectivity index (χ4n) is 0.989. The van der Waals surface area contributed by atoms with Crippen LogP contribution in [-0.4, -0.2) is 23.7 Å². The number of benzene rings is 1. The van der Waals surface area contributed by atoms with E-state index in [9.17, 15) is 4.79 Å². The van der Waals surface area contributed by atoms with E-state index in [1.54, 1.807) is 30.3 Å². The molecule has 0 radical (unpaired) electrons. The topological polar surface area (TPSA) is 79.0 Å². The summed E-state index contributed by atoms with van der Waals surface area (Å²) >= 11 is 0. The lowest BCUT2D eigenvalue weighted by molar-refractivity contribution is -0.114. The Morgan fingerprint density at radius 3 is 2.26 bits per heavy atom. The third-order valence-corrected chi connectivity index (χ3v) is 1.70. The van der Waals surface area contributed by atoms with Gasteiger partial charge in [0.25, 0.3) is 5.91 Å². The van der Waals surface area contributed by atoms with Crippen molar-refractivity contribution in [1.82, 2.24) is 5.32 Å². The summed E-state index contributed by atoms with van der Waals surface area (Å²) in [6.07, 6.45) is 1.58. The highest BCUT2D eigenvalue weighted by Gasteiger charge is 2.09. The number of nitrogens with two attached hydrogens (primary N) is 1. The quantitative estimate of drug-likeness (QED) is 0.573. The minimum atomic E-state index is -0.379. The van der Waals surface area contributed by atoms with Gasteiger partial charge in [0.05, 0.1) is 0 Å². The first-order chi connectivity index (χ1) is 8.75. The number of carbonyl (C=O) groups is 1. The van der Waals surface area contributed by atoms with E-state index in [-0.39, 0.29) is 17.2 Å². The van der Waals surface area contributed by atoms with Crippen LogP contribution in [-0.2, 0) is 4.79 Å². The molecular formula is C15H23N3O. The van der Waals surface area contributed by atoms with Crippen LogP contribution in [0.15, 0.2) is 43.0 Å². The van der Waals surface area contributed by atoms with E-state index in [0.717, 1.165) is 0 Å². The maximum atomic E-state index is 11.3. The Labute approximate surface area is 115 Å². The van der Waals surface area contributed by atoms with Crippen molar-refractivity contribution in [3.63, 3.8) is 0 Å². The van der Waals surface area contributed by atoms with E-state index in [1.807, 2.05) is 26.8 Å². The Bertz CT molecular complexity index is 413. The molecule has 4 N–H and O–H groups in total. The van der Waals surface area contributed by atoms with E-state index in [0.29, 0.717) is 12.1 Å². The van der Waals surface area contributed by atoms with E-state index in [4.69, 9.17) is 11.1 Å². The van der Waals surface area contributed by atoms with Crippen molar-refractivity contribution >= 4 is 11.6 Å². The van der Waals surface area contributed by atoms with E-state index >= 15 is 0 Å². The number of rotatable bonds is 4. The number of carbonyl (C=O) groups excluding carboxylic acids is 1. The zero-order valence-corrected chi connectivity index (χ0v) is 11.9. The molecule has 1 aromatic carbocycles. The van der Waals surface area contributed by atoms with Gasteiger partial charge in [0.1, 0.15) is 5.71 Å². The normalized spacial score (nSPS) is 9.89. The van der Waals surface area contributed by atoms with Gasteiger partial charge in [-0.25, -0.2) is 0 Å². The van der Waals surface area contributed by atoms with Crippen molar-refractivity contribution in [3.05, 3.63) is 48.6 Å². The Kier molecular flexibility index (Phi) is 7.37. The second kappa shape index (κ2) is 8.21. The van der Waals surface area contributed by atoms with E-state index < -0.39 is 0 Å². The van der Waals surface area contributed by atoms with Crippen LogP contribution >= 0.6 is 0 Å². The highest BCUT2D eigenvalue weighted by atomic mass is 16.1. The largest absolute Gasteiger partial charge is 0.347 e. The van der Waals surface area contributed by atoms with Gasteiger partial charge in [-0.15, -0.1) is 6.58 Å². The fraction of sp³-hybridized carbons (Fsp3) is 0.333. The molecule has 0 aliphatic heterocycles. The van der Waals surface area contributed by atoms with Crippen LogP contribution in [0.1, 0.15) is 26.3 Å². The minimum absolute atomic E-state index is 0. The van der Waals surface area contributed by atoms with Crippen molar-refractivity contribution in [2.75, 3.05) is 6.54 Å². The molecule has 0 aliphatic rings. The highest BCUT2D eigenvalue weighted by molar-refractivity contribution is 6.44. The van der Waals surface area contributed by atoms with Gasteiger partial charge in [-0.05, 0) is 20.8 Å². The minimum Gasteiger partial charge on any atom is -0.347 e. The molecule has 1 aromatic rings. The standard InChI is InChI=1S/C11H12N2O.C4H11N/c1-2-8-13-11(14)10(12)9-6-4-3-5-7-9;1-4(2,3)5/h2-7,12H,1,8H2,(H,13,14);5H2,1-3H3. The van der Waals surface area contributed by atoms with Gasteiger partial charge >= 0.3 is 0 Å². The van der Waals surface area contributed by atoms with Gasteiger partial charge in [-0.1, -0.05) is 36.4 Å².